The normalized spacial score (nSPS) is 9.27. The van der Waals surface area contributed by atoms with Gasteiger partial charge in [-0.25, -0.2) is 0 Å². The summed E-state index contributed by atoms with van der Waals surface area (Å²) in [6, 6.07) is 10.4. The third-order valence-corrected chi connectivity index (χ3v) is 2.89. The lowest BCUT2D eigenvalue weighted by molar-refractivity contribution is -0.569. The van der Waals surface area contributed by atoms with E-state index < -0.39 is 4.92 Å². The van der Waals surface area contributed by atoms with Crippen LogP contribution in [0.4, 0.5) is 16.2 Å². The minimum absolute atomic E-state index is 0. The van der Waals surface area contributed by atoms with Gasteiger partial charge in [0, 0.05) is 12.1 Å². The zero-order valence-corrected chi connectivity index (χ0v) is 12.3. The van der Waals surface area contributed by atoms with Crippen LogP contribution in [0.2, 0.25) is 0 Å². The van der Waals surface area contributed by atoms with E-state index in [1.165, 1.54) is 46.1 Å². The number of nitro groups is 1. The smallest absolute Gasteiger partial charge is 0.502 e. The zero-order valence-electron chi connectivity index (χ0n) is 11.5. The standard InChI is InChI=1S/C14H11N4O3.ClH/c1-16(12-4-6-13(7-5-12)18(20)21)14(19)17-8-2-3-11(9-15)10-17;/h2-8,10H,1H3;1H/q+1;/p-1. The summed E-state index contributed by atoms with van der Waals surface area (Å²) in [5.41, 5.74) is 0.835. The van der Waals surface area contributed by atoms with Crippen LogP contribution in [0.25, 0.3) is 0 Å². The lowest BCUT2D eigenvalue weighted by atomic mass is 10.2. The Morgan fingerprint density at radius 1 is 1.32 bits per heavy atom. The summed E-state index contributed by atoms with van der Waals surface area (Å²) in [5, 5.41) is 19.4. The Morgan fingerprint density at radius 2 is 1.95 bits per heavy atom. The second-order valence-electron chi connectivity index (χ2n) is 4.23. The van der Waals surface area contributed by atoms with Gasteiger partial charge in [0.05, 0.1) is 23.7 Å². The van der Waals surface area contributed by atoms with Crippen LogP contribution in [-0.2, 0) is 0 Å². The van der Waals surface area contributed by atoms with Crippen molar-refractivity contribution < 1.29 is 26.7 Å². The van der Waals surface area contributed by atoms with E-state index in [1.54, 1.807) is 19.2 Å². The third kappa shape index (κ3) is 3.56. The van der Waals surface area contributed by atoms with E-state index in [2.05, 4.69) is 0 Å². The van der Waals surface area contributed by atoms with Gasteiger partial charge in [-0.15, -0.1) is 0 Å². The van der Waals surface area contributed by atoms with Crippen molar-refractivity contribution in [2.75, 3.05) is 11.9 Å². The molecule has 0 saturated heterocycles. The van der Waals surface area contributed by atoms with Gasteiger partial charge in [0.15, 0.2) is 0 Å². The van der Waals surface area contributed by atoms with Crippen LogP contribution in [-0.4, -0.2) is 18.0 Å². The molecular weight excluding hydrogens is 308 g/mol. The van der Waals surface area contributed by atoms with Crippen molar-refractivity contribution in [2.45, 2.75) is 0 Å². The van der Waals surface area contributed by atoms with E-state index >= 15 is 0 Å². The number of carbonyl (C=O) groups excluding carboxylic acids is 1. The van der Waals surface area contributed by atoms with Crippen molar-refractivity contribution in [2.24, 2.45) is 0 Å². The summed E-state index contributed by atoms with van der Waals surface area (Å²) in [4.78, 5) is 23.7. The van der Waals surface area contributed by atoms with Crippen molar-refractivity contribution in [1.29, 1.82) is 5.26 Å². The number of aromatic nitrogens is 1. The number of pyridine rings is 1. The number of benzene rings is 1. The van der Waals surface area contributed by atoms with Crippen molar-refractivity contribution in [3.8, 4) is 6.07 Å². The number of amides is 1. The summed E-state index contributed by atoms with van der Waals surface area (Å²) in [6.07, 6.45) is 2.95. The van der Waals surface area contributed by atoms with Crippen LogP contribution >= 0.6 is 0 Å². The topological polar surface area (TPSA) is 91.1 Å². The van der Waals surface area contributed by atoms with Gasteiger partial charge in [0.1, 0.15) is 18.0 Å². The van der Waals surface area contributed by atoms with E-state index in [-0.39, 0.29) is 24.1 Å². The van der Waals surface area contributed by atoms with Gasteiger partial charge in [0.25, 0.3) is 5.69 Å². The Morgan fingerprint density at radius 3 is 2.50 bits per heavy atom. The number of hydrogen-bond donors (Lipinski definition) is 0. The first-order chi connectivity index (χ1) is 10.0. The maximum Gasteiger partial charge on any atom is 0.502 e. The molecule has 0 N–H and O–H groups in total. The summed E-state index contributed by atoms with van der Waals surface area (Å²) >= 11 is 0. The monoisotopic (exact) mass is 318 g/mol. The molecule has 0 aliphatic rings. The van der Waals surface area contributed by atoms with Crippen LogP contribution in [0.3, 0.4) is 0 Å². The molecule has 0 fully saturated rings. The molecule has 0 bridgehead atoms. The number of nitro benzene ring substituents is 1. The number of rotatable bonds is 2. The lowest BCUT2D eigenvalue weighted by Crippen LogP contribution is -3.00. The van der Waals surface area contributed by atoms with E-state index in [1.807, 2.05) is 6.07 Å². The molecule has 2 rings (SSSR count). The first-order valence-corrected chi connectivity index (χ1v) is 5.97. The van der Waals surface area contributed by atoms with Crippen LogP contribution in [0, 0.1) is 21.4 Å². The number of nitrogens with zero attached hydrogens (tertiary/aromatic N) is 4. The molecule has 0 atom stereocenters. The molecule has 1 amide bonds. The SMILES string of the molecule is CN(C(=O)[n+]1cccc(C#N)c1)c1ccc([N+](=O)[O-])cc1.[Cl-]. The largest absolute Gasteiger partial charge is 1.00 e. The number of non-ortho nitro benzene ring substituents is 1. The minimum Gasteiger partial charge on any atom is -1.00 e. The van der Waals surface area contributed by atoms with Gasteiger partial charge in [-0.3, -0.25) is 10.1 Å². The highest BCUT2D eigenvalue weighted by Gasteiger charge is 2.23. The number of anilines is 1. The summed E-state index contributed by atoms with van der Waals surface area (Å²) in [7, 11) is 1.55. The molecule has 0 aliphatic heterocycles. The third-order valence-electron chi connectivity index (χ3n) is 2.89. The van der Waals surface area contributed by atoms with Crippen LogP contribution in [0.15, 0.2) is 48.8 Å². The second-order valence-corrected chi connectivity index (χ2v) is 4.23. The van der Waals surface area contributed by atoms with Crippen molar-refractivity contribution in [1.82, 2.24) is 0 Å². The van der Waals surface area contributed by atoms with Gasteiger partial charge in [-0.1, -0.05) is 0 Å². The van der Waals surface area contributed by atoms with Crippen LogP contribution in [0.1, 0.15) is 5.56 Å². The van der Waals surface area contributed by atoms with E-state index in [4.69, 9.17) is 5.26 Å². The lowest BCUT2D eigenvalue weighted by Gasteiger charge is -2.09. The molecule has 22 heavy (non-hydrogen) atoms. The maximum atomic E-state index is 12.3. The molecule has 2 aromatic rings. The molecule has 0 aliphatic carbocycles. The van der Waals surface area contributed by atoms with Gasteiger partial charge < -0.3 is 12.4 Å². The number of nitriles is 1. The molecule has 1 aromatic heterocycles. The fourth-order valence-corrected chi connectivity index (χ4v) is 1.74. The van der Waals surface area contributed by atoms with E-state index in [9.17, 15) is 14.9 Å². The van der Waals surface area contributed by atoms with Crippen molar-refractivity contribution in [3.05, 3.63) is 64.5 Å². The average molecular weight is 319 g/mol. The Labute approximate surface area is 132 Å². The first kappa shape index (κ1) is 17.1. The summed E-state index contributed by atoms with van der Waals surface area (Å²) in [5.74, 6) is 0. The molecule has 1 aromatic carbocycles. The second kappa shape index (κ2) is 7.15. The minimum atomic E-state index is -0.503. The summed E-state index contributed by atoms with van der Waals surface area (Å²) in [6.45, 7) is 0. The van der Waals surface area contributed by atoms with Gasteiger partial charge >= 0.3 is 6.03 Å². The van der Waals surface area contributed by atoms with Crippen LogP contribution in [0.5, 0.6) is 0 Å². The molecule has 8 heteroatoms. The van der Waals surface area contributed by atoms with Crippen molar-refractivity contribution >= 4 is 17.4 Å². The molecule has 0 unspecified atom stereocenters. The summed E-state index contributed by atoms with van der Waals surface area (Å²) < 4.78 is 1.28. The molecule has 0 saturated carbocycles. The Kier molecular flexibility index (Phi) is 5.55. The molecule has 112 valence electrons. The quantitative estimate of drug-likeness (QED) is 0.398. The van der Waals surface area contributed by atoms with Gasteiger partial charge in [-0.05, 0) is 24.3 Å². The molecule has 1 heterocycles. The number of hydrogen-bond acceptors (Lipinski definition) is 4. The predicted molar refractivity (Wildman–Crippen MR) is 73.6 cm³/mol. The van der Waals surface area contributed by atoms with Gasteiger partial charge in [-0.2, -0.15) is 19.5 Å². The van der Waals surface area contributed by atoms with Crippen LogP contribution < -0.4 is 21.9 Å². The number of halogens is 1. The zero-order chi connectivity index (χ0) is 15.4. The fraction of sp³-hybridized carbons (Fsp3) is 0.0714. The Balaban J connectivity index is 0.00000242. The molecule has 0 spiro atoms. The van der Waals surface area contributed by atoms with Gasteiger partial charge in [0.2, 0.25) is 0 Å². The number of carbonyl (C=O) groups is 1. The maximum absolute atomic E-state index is 12.3. The Bertz CT molecular complexity index is 740. The van der Waals surface area contributed by atoms with Crippen molar-refractivity contribution in [3.63, 3.8) is 0 Å². The van der Waals surface area contributed by atoms with E-state index in [0.29, 0.717) is 11.3 Å². The molecule has 0 radical (unpaired) electrons. The Hall–Kier alpha value is -2.98. The first-order valence-electron chi connectivity index (χ1n) is 5.97. The highest BCUT2D eigenvalue weighted by Crippen LogP contribution is 2.18. The predicted octanol–water partition coefficient (Wildman–Crippen LogP) is -1.14. The van der Waals surface area contributed by atoms with E-state index in [0.717, 1.165) is 0 Å². The highest BCUT2D eigenvalue weighted by atomic mass is 35.5. The average Bonchev–Trinajstić information content (AvgIpc) is 2.53. The highest BCUT2D eigenvalue weighted by molar-refractivity contribution is 5.85. The fourth-order valence-electron chi connectivity index (χ4n) is 1.74. The molecule has 7 nitrogen and oxygen atoms in total. The molecular formula is C14H11ClN4O3.